The van der Waals surface area contributed by atoms with Crippen molar-refractivity contribution in [2.45, 2.75) is 0 Å². The van der Waals surface area contributed by atoms with Gasteiger partial charge in [0.15, 0.2) is 0 Å². The van der Waals surface area contributed by atoms with Crippen molar-refractivity contribution in [1.82, 2.24) is 0 Å². The summed E-state index contributed by atoms with van der Waals surface area (Å²) in [7, 11) is 0. The Morgan fingerprint density at radius 3 is 1.19 bits per heavy atom. The predicted octanol–water partition coefficient (Wildman–Crippen LogP) is 11.3. The number of hydrogen-bond acceptors (Lipinski definition) is 2. The van der Waals surface area contributed by atoms with Gasteiger partial charge in [-0.05, 0) is 81.2 Å². The van der Waals surface area contributed by atoms with Gasteiger partial charge in [0.25, 0.3) is 0 Å². The van der Waals surface area contributed by atoms with E-state index >= 15 is 0 Å². The zero-order chi connectivity index (χ0) is 28.1. The van der Waals surface area contributed by atoms with Crippen molar-refractivity contribution < 1.29 is 0 Å². The Morgan fingerprint density at radius 2 is 0.667 bits per heavy atom. The summed E-state index contributed by atoms with van der Waals surface area (Å²) < 4.78 is 0. The van der Waals surface area contributed by atoms with Crippen molar-refractivity contribution >= 4 is 33.5 Å². The summed E-state index contributed by atoms with van der Waals surface area (Å²) in [5.41, 5.74) is 11.6. The van der Waals surface area contributed by atoms with Gasteiger partial charge in [-0.25, -0.2) is 0 Å². The third kappa shape index (κ3) is 5.39. The molecule has 0 aliphatic rings. The highest BCUT2D eigenvalue weighted by atomic mass is 14.9. The first-order chi connectivity index (χ1) is 20.8. The lowest BCUT2D eigenvalue weighted by Crippen LogP contribution is -1.93. The molecule has 0 amide bonds. The van der Waals surface area contributed by atoms with Crippen molar-refractivity contribution in [3.63, 3.8) is 0 Å². The van der Waals surface area contributed by atoms with Gasteiger partial charge < -0.3 is 10.6 Å². The average Bonchev–Trinajstić information content (AvgIpc) is 3.07. The first-order valence-corrected chi connectivity index (χ1v) is 14.3. The van der Waals surface area contributed by atoms with E-state index in [9.17, 15) is 0 Å². The van der Waals surface area contributed by atoms with Crippen LogP contribution in [0, 0.1) is 0 Å². The van der Waals surface area contributed by atoms with Crippen molar-refractivity contribution in [3.05, 3.63) is 170 Å². The van der Waals surface area contributed by atoms with Gasteiger partial charge in [-0.3, -0.25) is 0 Å². The molecule has 0 saturated carbocycles. The molecule has 0 aliphatic carbocycles. The minimum Gasteiger partial charge on any atom is -0.356 e. The Labute approximate surface area is 246 Å². The third-order valence-corrected chi connectivity index (χ3v) is 7.67. The molecule has 0 fully saturated rings. The quantitative estimate of drug-likeness (QED) is 0.211. The summed E-state index contributed by atoms with van der Waals surface area (Å²) in [5, 5.41) is 9.61. The Hall–Kier alpha value is -5.60. The van der Waals surface area contributed by atoms with Crippen LogP contribution in [0.15, 0.2) is 170 Å². The summed E-state index contributed by atoms with van der Waals surface area (Å²) >= 11 is 0. The van der Waals surface area contributed by atoms with Crippen LogP contribution in [0.4, 0.5) is 22.7 Å². The van der Waals surface area contributed by atoms with Gasteiger partial charge in [-0.15, -0.1) is 0 Å². The molecule has 0 bridgehead atoms. The Kier molecular flexibility index (Phi) is 6.94. The molecule has 42 heavy (non-hydrogen) atoms. The molecular weight excluding hydrogens is 508 g/mol. The van der Waals surface area contributed by atoms with Crippen LogP contribution in [0.25, 0.3) is 44.2 Å². The van der Waals surface area contributed by atoms with Gasteiger partial charge in [0.05, 0.1) is 0 Å². The summed E-state index contributed by atoms with van der Waals surface area (Å²) in [4.78, 5) is 0. The molecule has 0 unspecified atom stereocenters. The summed E-state index contributed by atoms with van der Waals surface area (Å²) in [6.07, 6.45) is 0. The van der Waals surface area contributed by atoms with Crippen molar-refractivity contribution in [1.29, 1.82) is 0 Å². The second kappa shape index (κ2) is 11.5. The fourth-order valence-corrected chi connectivity index (χ4v) is 5.47. The van der Waals surface area contributed by atoms with E-state index in [1.54, 1.807) is 0 Å². The van der Waals surface area contributed by atoms with Crippen LogP contribution in [-0.4, -0.2) is 0 Å². The van der Waals surface area contributed by atoms with Gasteiger partial charge in [0, 0.05) is 28.1 Å². The van der Waals surface area contributed by atoms with Crippen molar-refractivity contribution in [2.75, 3.05) is 10.6 Å². The molecule has 0 spiro atoms. The molecule has 0 heterocycles. The molecule has 0 radical (unpaired) electrons. The molecule has 0 atom stereocenters. The molecule has 0 aliphatic heterocycles. The van der Waals surface area contributed by atoms with Crippen molar-refractivity contribution in [3.8, 4) is 33.4 Å². The van der Waals surface area contributed by atoms with Crippen LogP contribution in [0.2, 0.25) is 0 Å². The highest BCUT2D eigenvalue weighted by Crippen LogP contribution is 2.35. The van der Waals surface area contributed by atoms with Gasteiger partial charge >= 0.3 is 0 Å². The van der Waals surface area contributed by atoms with E-state index in [1.165, 1.54) is 44.2 Å². The van der Waals surface area contributed by atoms with E-state index in [-0.39, 0.29) is 0 Å². The van der Waals surface area contributed by atoms with E-state index in [1.807, 2.05) is 6.07 Å². The lowest BCUT2D eigenvalue weighted by molar-refractivity contribution is 1.53. The van der Waals surface area contributed by atoms with Crippen LogP contribution in [-0.2, 0) is 0 Å². The Morgan fingerprint density at radius 1 is 0.262 bits per heavy atom. The average molecular weight is 539 g/mol. The highest BCUT2D eigenvalue weighted by Gasteiger charge is 2.08. The Bertz CT molecular complexity index is 1930. The lowest BCUT2D eigenvalue weighted by Gasteiger charge is -2.14. The minimum atomic E-state index is 1.06. The standard InChI is InChI=1S/C40H30N2/c1-3-9-29(10-4-1)30-15-21-34(22-16-30)41-35-23-17-31(18-24-35)32-19-25-36(26-20-32)42-40-28-27-37(33-11-5-2-6-12-33)38-13-7-8-14-39(38)40/h1-28,41-42H. The maximum atomic E-state index is 3.65. The molecule has 0 saturated heterocycles. The zero-order valence-corrected chi connectivity index (χ0v) is 23.2. The summed E-state index contributed by atoms with van der Waals surface area (Å²) in [5.74, 6) is 0. The molecule has 2 N–H and O–H groups in total. The fourth-order valence-electron chi connectivity index (χ4n) is 5.47. The predicted molar refractivity (Wildman–Crippen MR) is 180 cm³/mol. The molecule has 2 nitrogen and oxygen atoms in total. The highest BCUT2D eigenvalue weighted by molar-refractivity contribution is 6.04. The van der Waals surface area contributed by atoms with E-state index in [2.05, 4.69) is 174 Å². The molecule has 0 aromatic heterocycles. The lowest BCUT2D eigenvalue weighted by atomic mass is 9.97. The number of anilines is 4. The second-order valence-corrected chi connectivity index (χ2v) is 10.4. The van der Waals surface area contributed by atoms with E-state index < -0.39 is 0 Å². The first kappa shape index (κ1) is 25.4. The van der Waals surface area contributed by atoms with Gasteiger partial charge in [0.2, 0.25) is 0 Å². The molecule has 2 heteroatoms. The van der Waals surface area contributed by atoms with E-state index in [4.69, 9.17) is 0 Å². The maximum absolute atomic E-state index is 3.65. The molecule has 7 aromatic rings. The summed E-state index contributed by atoms with van der Waals surface area (Å²) in [6.45, 7) is 0. The minimum absolute atomic E-state index is 1.06. The number of nitrogens with one attached hydrogen (secondary N) is 2. The van der Waals surface area contributed by atoms with Crippen LogP contribution in [0.5, 0.6) is 0 Å². The fraction of sp³-hybridized carbons (Fsp3) is 0. The number of rotatable bonds is 7. The first-order valence-electron chi connectivity index (χ1n) is 14.3. The number of benzene rings is 7. The largest absolute Gasteiger partial charge is 0.356 e. The smallest absolute Gasteiger partial charge is 0.0464 e. The van der Waals surface area contributed by atoms with Crippen molar-refractivity contribution in [2.24, 2.45) is 0 Å². The Balaban J connectivity index is 1.05. The molecule has 7 aromatic carbocycles. The topological polar surface area (TPSA) is 24.1 Å². The number of fused-ring (bicyclic) bond motifs is 1. The monoisotopic (exact) mass is 538 g/mol. The maximum Gasteiger partial charge on any atom is 0.0464 e. The van der Waals surface area contributed by atoms with E-state index in [0.717, 1.165) is 22.7 Å². The van der Waals surface area contributed by atoms with Gasteiger partial charge in [-0.1, -0.05) is 127 Å². The third-order valence-electron chi connectivity index (χ3n) is 7.67. The molecule has 200 valence electrons. The van der Waals surface area contributed by atoms with E-state index in [0.29, 0.717) is 0 Å². The normalized spacial score (nSPS) is 10.9. The van der Waals surface area contributed by atoms with Crippen LogP contribution in [0.3, 0.4) is 0 Å². The second-order valence-electron chi connectivity index (χ2n) is 10.4. The summed E-state index contributed by atoms with van der Waals surface area (Å²) in [6, 6.07) is 59.8. The SMILES string of the molecule is c1ccc(-c2ccc(Nc3ccc(-c4ccc(Nc5ccc(-c6ccccc6)c6ccccc56)cc4)cc3)cc2)cc1. The van der Waals surface area contributed by atoms with Crippen LogP contribution in [0.1, 0.15) is 0 Å². The van der Waals surface area contributed by atoms with Crippen LogP contribution >= 0.6 is 0 Å². The zero-order valence-electron chi connectivity index (χ0n) is 23.2. The van der Waals surface area contributed by atoms with Crippen LogP contribution < -0.4 is 10.6 Å². The molecular formula is C40H30N2. The van der Waals surface area contributed by atoms with Gasteiger partial charge in [-0.2, -0.15) is 0 Å². The molecule has 7 rings (SSSR count). The van der Waals surface area contributed by atoms with Gasteiger partial charge in [0.1, 0.15) is 0 Å². The number of hydrogen-bond donors (Lipinski definition) is 2.